The monoisotopic (exact) mass is 182 g/mol. The van der Waals surface area contributed by atoms with E-state index < -0.39 is 0 Å². The molecule has 2 rings (SSSR count). The summed E-state index contributed by atoms with van der Waals surface area (Å²) in [4.78, 5) is 2.59. The fraction of sp³-hybridized carbons (Fsp3) is 1.00. The number of nitrogens with zero attached hydrogens (tertiary/aromatic N) is 1. The van der Waals surface area contributed by atoms with Crippen LogP contribution < -0.4 is 5.32 Å². The Morgan fingerprint density at radius 1 is 1.23 bits per heavy atom. The van der Waals surface area contributed by atoms with Crippen molar-refractivity contribution in [3.05, 3.63) is 0 Å². The molecule has 1 unspecified atom stereocenters. The van der Waals surface area contributed by atoms with E-state index in [4.69, 9.17) is 0 Å². The number of likely N-dealkylation sites (N-methyl/N-ethyl adjacent to an activating group) is 1. The lowest BCUT2D eigenvalue weighted by molar-refractivity contribution is 0.102. The van der Waals surface area contributed by atoms with Crippen molar-refractivity contribution in [2.75, 3.05) is 20.1 Å². The number of hydrogen-bond donors (Lipinski definition) is 1. The van der Waals surface area contributed by atoms with Crippen LogP contribution in [0.3, 0.4) is 0 Å². The van der Waals surface area contributed by atoms with Crippen LogP contribution in [0.5, 0.6) is 0 Å². The molecule has 1 N–H and O–H groups in total. The van der Waals surface area contributed by atoms with Crippen LogP contribution in [-0.2, 0) is 0 Å². The molecule has 1 atom stereocenters. The predicted octanol–water partition coefficient (Wildman–Crippen LogP) is 1.47. The molecular formula is C11H22N2. The second-order valence-electron chi connectivity index (χ2n) is 4.76. The summed E-state index contributed by atoms with van der Waals surface area (Å²) in [5.74, 6) is 0.977. The first-order chi connectivity index (χ1) is 6.29. The van der Waals surface area contributed by atoms with Crippen LogP contribution in [-0.4, -0.2) is 37.1 Å². The minimum absolute atomic E-state index is 0.801. The minimum atomic E-state index is 0.801. The van der Waals surface area contributed by atoms with Crippen LogP contribution in [0, 0.1) is 5.92 Å². The van der Waals surface area contributed by atoms with Gasteiger partial charge >= 0.3 is 0 Å². The molecule has 1 heterocycles. The maximum absolute atomic E-state index is 3.35. The zero-order valence-corrected chi connectivity index (χ0v) is 8.92. The topological polar surface area (TPSA) is 15.3 Å². The van der Waals surface area contributed by atoms with E-state index in [0.717, 1.165) is 18.0 Å². The molecule has 76 valence electrons. The van der Waals surface area contributed by atoms with Crippen LogP contribution in [0.4, 0.5) is 0 Å². The maximum Gasteiger partial charge on any atom is 0.0345 e. The zero-order valence-electron chi connectivity index (χ0n) is 8.92. The molecule has 0 aromatic rings. The fourth-order valence-corrected chi connectivity index (χ4v) is 2.67. The Balaban J connectivity index is 1.83. The van der Waals surface area contributed by atoms with Gasteiger partial charge in [0, 0.05) is 25.2 Å². The number of rotatable bonds is 3. The molecule has 2 fully saturated rings. The number of nitrogens with one attached hydrogen (secondary N) is 1. The molecule has 1 aliphatic heterocycles. The largest absolute Gasteiger partial charge is 0.314 e. The summed E-state index contributed by atoms with van der Waals surface area (Å²) in [5, 5.41) is 3.35. The highest BCUT2D eigenvalue weighted by Gasteiger charge is 2.30. The first kappa shape index (κ1) is 9.47. The molecular weight excluding hydrogens is 160 g/mol. The normalized spacial score (nSPS) is 27.9. The standard InChI is InChI=1S/C11H22N2/c1-9(10-5-3-4-6-10)13(2)11-7-12-8-11/h9-12H,3-8H2,1-2H3. The van der Waals surface area contributed by atoms with Crippen LogP contribution in [0.25, 0.3) is 0 Å². The summed E-state index contributed by atoms with van der Waals surface area (Å²) in [5.41, 5.74) is 0. The van der Waals surface area contributed by atoms with Crippen LogP contribution >= 0.6 is 0 Å². The zero-order chi connectivity index (χ0) is 9.26. The van der Waals surface area contributed by atoms with Crippen molar-refractivity contribution in [1.29, 1.82) is 0 Å². The molecule has 1 aliphatic carbocycles. The highest BCUT2D eigenvalue weighted by Crippen LogP contribution is 2.30. The SMILES string of the molecule is CC(C1CCCC1)N(C)C1CNC1. The van der Waals surface area contributed by atoms with E-state index in [1.54, 1.807) is 0 Å². The van der Waals surface area contributed by atoms with E-state index in [1.165, 1.54) is 38.8 Å². The first-order valence-electron chi connectivity index (χ1n) is 5.71. The van der Waals surface area contributed by atoms with Crippen LogP contribution in [0.15, 0.2) is 0 Å². The molecule has 1 saturated heterocycles. The van der Waals surface area contributed by atoms with E-state index in [2.05, 4.69) is 24.2 Å². The van der Waals surface area contributed by atoms with Gasteiger partial charge in [0.2, 0.25) is 0 Å². The molecule has 0 spiro atoms. The Labute approximate surface area is 81.7 Å². The van der Waals surface area contributed by atoms with Gasteiger partial charge in [-0.1, -0.05) is 12.8 Å². The minimum Gasteiger partial charge on any atom is -0.314 e. The predicted molar refractivity (Wildman–Crippen MR) is 55.8 cm³/mol. The summed E-state index contributed by atoms with van der Waals surface area (Å²) in [6.07, 6.45) is 5.86. The van der Waals surface area contributed by atoms with Gasteiger partial charge in [0.25, 0.3) is 0 Å². The Kier molecular flexibility index (Phi) is 2.89. The maximum atomic E-state index is 3.35. The van der Waals surface area contributed by atoms with Crippen molar-refractivity contribution in [3.8, 4) is 0 Å². The summed E-state index contributed by atoms with van der Waals surface area (Å²) in [7, 11) is 2.30. The quantitative estimate of drug-likeness (QED) is 0.711. The molecule has 0 radical (unpaired) electrons. The fourth-order valence-electron chi connectivity index (χ4n) is 2.67. The van der Waals surface area contributed by atoms with E-state index >= 15 is 0 Å². The van der Waals surface area contributed by atoms with Gasteiger partial charge in [0.1, 0.15) is 0 Å². The van der Waals surface area contributed by atoms with Crippen molar-refractivity contribution in [2.45, 2.75) is 44.7 Å². The average molecular weight is 182 g/mol. The molecule has 0 aromatic carbocycles. The van der Waals surface area contributed by atoms with Crippen molar-refractivity contribution < 1.29 is 0 Å². The Morgan fingerprint density at radius 2 is 1.85 bits per heavy atom. The van der Waals surface area contributed by atoms with Gasteiger partial charge in [0.05, 0.1) is 0 Å². The van der Waals surface area contributed by atoms with Crippen LogP contribution in [0.1, 0.15) is 32.6 Å². The second-order valence-corrected chi connectivity index (χ2v) is 4.76. The van der Waals surface area contributed by atoms with Gasteiger partial charge in [-0.25, -0.2) is 0 Å². The smallest absolute Gasteiger partial charge is 0.0345 e. The van der Waals surface area contributed by atoms with Gasteiger partial charge in [0.15, 0.2) is 0 Å². The van der Waals surface area contributed by atoms with Gasteiger partial charge in [-0.2, -0.15) is 0 Å². The highest BCUT2D eigenvalue weighted by atomic mass is 15.2. The van der Waals surface area contributed by atoms with Gasteiger partial charge in [-0.3, -0.25) is 4.90 Å². The lowest BCUT2D eigenvalue weighted by Crippen LogP contribution is -2.59. The molecule has 2 nitrogen and oxygen atoms in total. The third kappa shape index (κ3) is 1.89. The van der Waals surface area contributed by atoms with E-state index in [1.807, 2.05) is 0 Å². The van der Waals surface area contributed by atoms with E-state index in [9.17, 15) is 0 Å². The molecule has 1 saturated carbocycles. The molecule has 0 amide bonds. The molecule has 0 bridgehead atoms. The Bertz CT molecular complexity index is 159. The summed E-state index contributed by atoms with van der Waals surface area (Å²) in [6, 6.07) is 1.62. The van der Waals surface area contributed by atoms with Gasteiger partial charge in [-0.05, 0) is 32.7 Å². The molecule has 13 heavy (non-hydrogen) atoms. The first-order valence-corrected chi connectivity index (χ1v) is 5.71. The Hall–Kier alpha value is -0.0800. The van der Waals surface area contributed by atoms with Crippen molar-refractivity contribution >= 4 is 0 Å². The summed E-state index contributed by atoms with van der Waals surface area (Å²) in [6.45, 7) is 4.81. The molecule has 2 heteroatoms. The summed E-state index contributed by atoms with van der Waals surface area (Å²) >= 11 is 0. The molecule has 2 aliphatic rings. The van der Waals surface area contributed by atoms with Gasteiger partial charge in [-0.15, -0.1) is 0 Å². The molecule has 0 aromatic heterocycles. The van der Waals surface area contributed by atoms with Crippen molar-refractivity contribution in [1.82, 2.24) is 10.2 Å². The third-order valence-corrected chi connectivity index (χ3v) is 4.06. The van der Waals surface area contributed by atoms with E-state index in [-0.39, 0.29) is 0 Å². The lowest BCUT2D eigenvalue weighted by atomic mass is 9.96. The van der Waals surface area contributed by atoms with Crippen molar-refractivity contribution in [3.63, 3.8) is 0 Å². The number of hydrogen-bond acceptors (Lipinski definition) is 2. The van der Waals surface area contributed by atoms with Crippen molar-refractivity contribution in [2.24, 2.45) is 5.92 Å². The average Bonchev–Trinajstić information content (AvgIpc) is 2.51. The van der Waals surface area contributed by atoms with Crippen LogP contribution in [0.2, 0.25) is 0 Å². The summed E-state index contributed by atoms with van der Waals surface area (Å²) < 4.78 is 0. The van der Waals surface area contributed by atoms with E-state index in [0.29, 0.717) is 0 Å². The Morgan fingerprint density at radius 3 is 2.31 bits per heavy atom. The second kappa shape index (κ2) is 3.97. The lowest BCUT2D eigenvalue weighted by Gasteiger charge is -2.41. The highest BCUT2D eigenvalue weighted by molar-refractivity contribution is 4.88. The van der Waals surface area contributed by atoms with Gasteiger partial charge < -0.3 is 5.32 Å². The third-order valence-electron chi connectivity index (χ3n) is 4.06.